The van der Waals surface area contributed by atoms with Gasteiger partial charge in [0.1, 0.15) is 0 Å². The van der Waals surface area contributed by atoms with Gasteiger partial charge in [-0.2, -0.15) is 0 Å². The van der Waals surface area contributed by atoms with Gasteiger partial charge in [0.25, 0.3) is 0 Å². The summed E-state index contributed by atoms with van der Waals surface area (Å²) in [5.41, 5.74) is 0.922. The van der Waals surface area contributed by atoms with Crippen molar-refractivity contribution >= 4 is 29.3 Å². The summed E-state index contributed by atoms with van der Waals surface area (Å²) in [7, 11) is 0. The summed E-state index contributed by atoms with van der Waals surface area (Å²) in [5.74, 6) is -1.79. The van der Waals surface area contributed by atoms with Gasteiger partial charge >= 0.3 is 11.9 Å². The second kappa shape index (κ2) is 9.02. The Balaban J connectivity index is 2.04. The fourth-order valence-electron chi connectivity index (χ4n) is 2.34. The SMILES string of the molecule is CC(C(=O)OCOC(=O)C(C)(C)C)c1cccc(C(=O)c2ccc(Cl)cc2)c1. The van der Waals surface area contributed by atoms with Gasteiger partial charge in [-0.05, 0) is 63.6 Å². The molecule has 1 unspecified atom stereocenters. The average Bonchev–Trinajstić information content (AvgIpc) is 2.66. The van der Waals surface area contributed by atoms with E-state index < -0.39 is 30.1 Å². The maximum Gasteiger partial charge on any atom is 0.316 e. The third kappa shape index (κ3) is 5.67. The predicted octanol–water partition coefficient (Wildman–Crippen LogP) is 4.76. The van der Waals surface area contributed by atoms with Crippen LogP contribution in [0.25, 0.3) is 0 Å². The summed E-state index contributed by atoms with van der Waals surface area (Å²) in [6.45, 7) is 6.36. The first-order valence-electron chi connectivity index (χ1n) is 8.83. The normalized spacial score (nSPS) is 12.2. The van der Waals surface area contributed by atoms with Crippen molar-refractivity contribution in [3.05, 3.63) is 70.2 Å². The van der Waals surface area contributed by atoms with Crippen LogP contribution in [0.5, 0.6) is 0 Å². The first-order valence-corrected chi connectivity index (χ1v) is 9.21. The topological polar surface area (TPSA) is 69.7 Å². The fraction of sp³-hybridized carbons (Fsp3) is 0.318. The van der Waals surface area contributed by atoms with Gasteiger partial charge in [0, 0.05) is 16.1 Å². The zero-order valence-electron chi connectivity index (χ0n) is 16.3. The Morgan fingerprint density at radius 3 is 2.21 bits per heavy atom. The number of hydrogen-bond donors (Lipinski definition) is 0. The van der Waals surface area contributed by atoms with E-state index in [1.807, 2.05) is 0 Å². The van der Waals surface area contributed by atoms with Gasteiger partial charge in [0.05, 0.1) is 11.3 Å². The Hall–Kier alpha value is -2.66. The van der Waals surface area contributed by atoms with Crippen molar-refractivity contribution in [1.82, 2.24) is 0 Å². The fourth-order valence-corrected chi connectivity index (χ4v) is 2.46. The van der Waals surface area contributed by atoms with Crippen LogP contribution in [0.3, 0.4) is 0 Å². The number of rotatable bonds is 6. The van der Waals surface area contributed by atoms with E-state index in [2.05, 4.69) is 0 Å². The maximum absolute atomic E-state index is 12.6. The third-order valence-corrected chi connectivity index (χ3v) is 4.36. The van der Waals surface area contributed by atoms with Gasteiger partial charge in [-0.15, -0.1) is 0 Å². The van der Waals surface area contributed by atoms with E-state index in [-0.39, 0.29) is 5.78 Å². The molecule has 0 bridgehead atoms. The minimum atomic E-state index is -0.672. The van der Waals surface area contributed by atoms with Gasteiger partial charge in [-0.25, -0.2) is 0 Å². The second-order valence-corrected chi connectivity index (χ2v) is 7.88. The van der Waals surface area contributed by atoms with Crippen molar-refractivity contribution in [2.75, 3.05) is 6.79 Å². The molecule has 0 saturated carbocycles. The number of carbonyl (C=O) groups is 3. The van der Waals surface area contributed by atoms with Gasteiger partial charge in [0.2, 0.25) is 6.79 Å². The number of carbonyl (C=O) groups excluding carboxylic acids is 3. The molecule has 2 aromatic carbocycles. The van der Waals surface area contributed by atoms with Crippen LogP contribution >= 0.6 is 11.6 Å². The molecule has 0 aliphatic rings. The second-order valence-electron chi connectivity index (χ2n) is 7.45. The Bertz CT molecular complexity index is 865. The van der Waals surface area contributed by atoms with Crippen LogP contribution in [-0.4, -0.2) is 24.5 Å². The van der Waals surface area contributed by atoms with Crippen LogP contribution in [0.2, 0.25) is 5.02 Å². The Morgan fingerprint density at radius 2 is 1.61 bits per heavy atom. The molecular weight excluding hydrogens is 380 g/mol. The molecule has 0 aliphatic heterocycles. The van der Waals surface area contributed by atoms with Gasteiger partial charge in [0.15, 0.2) is 5.78 Å². The Morgan fingerprint density at radius 1 is 0.964 bits per heavy atom. The highest BCUT2D eigenvalue weighted by atomic mass is 35.5. The van der Waals surface area contributed by atoms with Crippen molar-refractivity contribution in [3.63, 3.8) is 0 Å². The van der Waals surface area contributed by atoms with Crippen molar-refractivity contribution in [1.29, 1.82) is 0 Å². The molecular formula is C22H23ClO5. The first-order chi connectivity index (χ1) is 13.1. The molecule has 0 N–H and O–H groups in total. The number of esters is 2. The van der Waals surface area contributed by atoms with Gasteiger partial charge < -0.3 is 9.47 Å². The minimum Gasteiger partial charge on any atom is -0.427 e. The predicted molar refractivity (Wildman–Crippen MR) is 106 cm³/mol. The smallest absolute Gasteiger partial charge is 0.316 e. The number of halogens is 1. The number of benzene rings is 2. The van der Waals surface area contributed by atoms with Crippen molar-refractivity contribution < 1.29 is 23.9 Å². The standard InChI is InChI=1S/C22H23ClO5/c1-14(20(25)27-13-28-21(26)22(2,3)4)16-6-5-7-17(12-16)19(24)15-8-10-18(23)11-9-15/h5-12,14H,13H2,1-4H3. The van der Waals surface area contributed by atoms with Gasteiger partial charge in [-0.1, -0.05) is 29.8 Å². The highest BCUT2D eigenvalue weighted by molar-refractivity contribution is 6.30. The average molecular weight is 403 g/mol. The quantitative estimate of drug-likeness (QED) is 0.395. The van der Waals surface area contributed by atoms with Crippen LogP contribution in [0.1, 0.15) is 55.1 Å². The summed E-state index contributed by atoms with van der Waals surface area (Å²) in [6.07, 6.45) is 0. The molecule has 148 valence electrons. The summed E-state index contributed by atoms with van der Waals surface area (Å²) >= 11 is 5.86. The molecule has 0 aromatic heterocycles. The van der Waals surface area contributed by atoms with Crippen LogP contribution in [-0.2, 0) is 19.1 Å². The lowest BCUT2D eigenvalue weighted by Gasteiger charge is -2.17. The minimum absolute atomic E-state index is 0.168. The highest BCUT2D eigenvalue weighted by Gasteiger charge is 2.24. The van der Waals surface area contributed by atoms with Crippen LogP contribution in [0, 0.1) is 5.41 Å². The monoisotopic (exact) mass is 402 g/mol. The summed E-state index contributed by atoms with van der Waals surface area (Å²) < 4.78 is 9.99. The van der Waals surface area contributed by atoms with E-state index in [0.29, 0.717) is 21.7 Å². The zero-order valence-corrected chi connectivity index (χ0v) is 17.1. The molecule has 0 heterocycles. The molecule has 2 rings (SSSR count). The molecule has 5 nitrogen and oxygen atoms in total. The molecule has 0 spiro atoms. The molecule has 1 atom stereocenters. The summed E-state index contributed by atoms with van der Waals surface area (Å²) in [6, 6.07) is 13.4. The number of ether oxygens (including phenoxy) is 2. The van der Waals surface area contributed by atoms with Crippen LogP contribution in [0.15, 0.2) is 48.5 Å². The first kappa shape index (κ1) is 21.6. The van der Waals surface area contributed by atoms with Gasteiger partial charge in [-0.3, -0.25) is 14.4 Å². The number of ketones is 1. The molecule has 28 heavy (non-hydrogen) atoms. The van der Waals surface area contributed by atoms with E-state index in [9.17, 15) is 14.4 Å². The molecule has 0 saturated heterocycles. The molecule has 2 aromatic rings. The Labute approximate surface area is 169 Å². The summed E-state index contributed by atoms with van der Waals surface area (Å²) in [4.78, 5) is 36.6. The largest absolute Gasteiger partial charge is 0.427 e. The van der Waals surface area contributed by atoms with Crippen LogP contribution < -0.4 is 0 Å². The lowest BCUT2D eigenvalue weighted by atomic mass is 9.96. The van der Waals surface area contributed by atoms with Crippen molar-refractivity contribution in [2.24, 2.45) is 5.41 Å². The molecule has 0 amide bonds. The summed E-state index contributed by atoms with van der Waals surface area (Å²) in [5, 5.41) is 0.550. The molecule has 6 heteroatoms. The van der Waals surface area contributed by atoms with Crippen LogP contribution in [0.4, 0.5) is 0 Å². The Kier molecular flexibility index (Phi) is 6.97. The molecule has 0 radical (unpaired) electrons. The van der Waals surface area contributed by atoms with E-state index in [1.54, 1.807) is 76.2 Å². The van der Waals surface area contributed by atoms with E-state index in [1.165, 1.54) is 0 Å². The molecule has 0 fully saturated rings. The van der Waals surface area contributed by atoms with E-state index >= 15 is 0 Å². The third-order valence-electron chi connectivity index (χ3n) is 4.11. The zero-order chi connectivity index (χ0) is 20.9. The lowest BCUT2D eigenvalue weighted by molar-refractivity contribution is -0.173. The maximum atomic E-state index is 12.6. The van der Waals surface area contributed by atoms with E-state index in [4.69, 9.17) is 21.1 Å². The molecule has 0 aliphatic carbocycles. The number of hydrogen-bond acceptors (Lipinski definition) is 5. The van der Waals surface area contributed by atoms with Crippen molar-refractivity contribution in [2.45, 2.75) is 33.6 Å². The lowest BCUT2D eigenvalue weighted by Crippen LogP contribution is -2.25. The van der Waals surface area contributed by atoms with Crippen molar-refractivity contribution in [3.8, 4) is 0 Å². The van der Waals surface area contributed by atoms with E-state index in [0.717, 1.165) is 0 Å². The highest BCUT2D eigenvalue weighted by Crippen LogP contribution is 2.21.